The molecule has 0 radical (unpaired) electrons. The molecule has 0 saturated carbocycles. The number of ether oxygens (including phenoxy) is 1. The van der Waals surface area contributed by atoms with E-state index in [4.69, 9.17) is 4.74 Å². The van der Waals surface area contributed by atoms with Crippen LogP contribution in [0, 0.1) is 17.7 Å². The normalized spacial score (nSPS) is 19.4. The van der Waals surface area contributed by atoms with Gasteiger partial charge in [0.25, 0.3) is 5.91 Å². The fourth-order valence-electron chi connectivity index (χ4n) is 5.13. The molecule has 8 heteroatoms. The number of imide groups is 1. The second-order valence-electron chi connectivity index (χ2n) is 10.8. The lowest BCUT2D eigenvalue weighted by Gasteiger charge is -2.34. The van der Waals surface area contributed by atoms with E-state index in [0.29, 0.717) is 36.9 Å². The topological polar surface area (TPSA) is 70.7 Å². The average molecular weight is 514 g/mol. The first kappa shape index (κ1) is 27.2. The Morgan fingerprint density at radius 2 is 1.86 bits per heavy atom. The molecule has 1 atom stereocenters. The standard InChI is InChI=1S/C29H37F2N3O3/c1-29(2,31)19-34-14-11-20(12-15-34)18-37-22-9-10-24(26(30)16-22)23-7-3-4-8-25(23)28(36)33-27(35)21-6-5-13-32-17-21/h3-4,7-10,16,20-21,32H,5-6,11-15,17-19H2,1-2H3,(H,33,35,36)/t21-/m1/s1. The smallest absolute Gasteiger partial charge is 0.258 e. The number of hydrogen-bond acceptors (Lipinski definition) is 5. The van der Waals surface area contributed by atoms with Crippen molar-refractivity contribution in [1.82, 2.24) is 15.5 Å². The average Bonchev–Trinajstić information content (AvgIpc) is 2.88. The molecular formula is C29H37F2N3O3. The number of nitrogens with zero attached hydrogens (tertiary/aromatic N) is 1. The Morgan fingerprint density at radius 1 is 1.11 bits per heavy atom. The van der Waals surface area contributed by atoms with Gasteiger partial charge < -0.3 is 15.0 Å². The van der Waals surface area contributed by atoms with E-state index in [1.165, 1.54) is 6.07 Å². The van der Waals surface area contributed by atoms with Crippen molar-refractivity contribution in [1.29, 1.82) is 0 Å². The van der Waals surface area contributed by atoms with Gasteiger partial charge in [0.1, 0.15) is 17.2 Å². The molecule has 0 bridgehead atoms. The van der Waals surface area contributed by atoms with E-state index in [1.54, 1.807) is 50.2 Å². The molecule has 2 saturated heterocycles. The molecule has 2 aromatic rings. The van der Waals surface area contributed by atoms with Crippen molar-refractivity contribution < 1.29 is 23.1 Å². The molecule has 2 heterocycles. The van der Waals surface area contributed by atoms with Gasteiger partial charge in [-0.1, -0.05) is 18.2 Å². The Kier molecular flexibility index (Phi) is 8.92. The third-order valence-electron chi connectivity index (χ3n) is 7.10. The summed E-state index contributed by atoms with van der Waals surface area (Å²) in [5, 5.41) is 5.66. The van der Waals surface area contributed by atoms with Crippen molar-refractivity contribution >= 4 is 11.8 Å². The molecule has 2 fully saturated rings. The molecule has 0 aliphatic carbocycles. The Hall–Kier alpha value is -2.84. The summed E-state index contributed by atoms with van der Waals surface area (Å²) in [7, 11) is 0. The molecule has 6 nitrogen and oxygen atoms in total. The first-order valence-corrected chi connectivity index (χ1v) is 13.2. The second kappa shape index (κ2) is 12.1. The molecule has 2 aromatic carbocycles. The Bertz CT molecular complexity index is 1090. The summed E-state index contributed by atoms with van der Waals surface area (Å²) in [5.41, 5.74) is -0.270. The molecule has 2 N–H and O–H groups in total. The van der Waals surface area contributed by atoms with Crippen LogP contribution >= 0.6 is 0 Å². The van der Waals surface area contributed by atoms with Gasteiger partial charge in [0.15, 0.2) is 0 Å². The van der Waals surface area contributed by atoms with Crippen LogP contribution in [0.15, 0.2) is 42.5 Å². The van der Waals surface area contributed by atoms with Gasteiger partial charge in [0.05, 0.1) is 12.5 Å². The zero-order valence-electron chi connectivity index (χ0n) is 21.7. The molecule has 2 aliphatic heterocycles. The molecule has 0 aromatic heterocycles. The molecule has 2 aliphatic rings. The molecule has 200 valence electrons. The number of halogens is 2. The van der Waals surface area contributed by atoms with Crippen LogP contribution in [0.1, 0.15) is 49.9 Å². The van der Waals surface area contributed by atoms with Crippen molar-refractivity contribution in [3.8, 4) is 16.9 Å². The van der Waals surface area contributed by atoms with E-state index in [2.05, 4.69) is 15.5 Å². The van der Waals surface area contributed by atoms with E-state index in [0.717, 1.165) is 45.3 Å². The van der Waals surface area contributed by atoms with Crippen LogP contribution in [0.25, 0.3) is 11.1 Å². The molecule has 4 rings (SSSR count). The molecule has 0 spiro atoms. The maximum atomic E-state index is 15.2. The van der Waals surface area contributed by atoms with Gasteiger partial charge in [0, 0.05) is 30.3 Å². The second-order valence-corrected chi connectivity index (χ2v) is 10.8. The first-order chi connectivity index (χ1) is 17.7. The number of piperidine rings is 2. The Balaban J connectivity index is 1.36. The van der Waals surface area contributed by atoms with Gasteiger partial charge in [0.2, 0.25) is 5.91 Å². The minimum atomic E-state index is -1.20. The van der Waals surface area contributed by atoms with Crippen LogP contribution in [0.2, 0.25) is 0 Å². The summed E-state index contributed by atoms with van der Waals surface area (Å²) >= 11 is 0. The van der Waals surface area contributed by atoms with Crippen LogP contribution in [-0.2, 0) is 4.79 Å². The summed E-state index contributed by atoms with van der Waals surface area (Å²) in [6, 6.07) is 11.3. The minimum absolute atomic E-state index is 0.246. The van der Waals surface area contributed by atoms with Crippen molar-refractivity contribution in [3.05, 3.63) is 53.8 Å². The Morgan fingerprint density at radius 3 is 2.54 bits per heavy atom. The van der Waals surface area contributed by atoms with E-state index in [1.807, 2.05) is 0 Å². The first-order valence-electron chi connectivity index (χ1n) is 13.2. The molecule has 0 unspecified atom stereocenters. The number of rotatable bonds is 8. The van der Waals surface area contributed by atoms with Gasteiger partial charge in [-0.2, -0.15) is 0 Å². The number of likely N-dealkylation sites (tertiary alicyclic amines) is 1. The van der Waals surface area contributed by atoms with Gasteiger partial charge in [-0.15, -0.1) is 0 Å². The number of benzene rings is 2. The number of alkyl halides is 1. The minimum Gasteiger partial charge on any atom is -0.493 e. The lowest BCUT2D eigenvalue weighted by Crippen LogP contribution is -2.42. The number of hydrogen-bond donors (Lipinski definition) is 2. The van der Waals surface area contributed by atoms with Crippen molar-refractivity contribution in [2.45, 2.75) is 45.2 Å². The molecule has 2 amide bonds. The predicted octanol–water partition coefficient (Wildman–Crippen LogP) is 4.59. The third kappa shape index (κ3) is 7.58. The number of nitrogens with one attached hydrogen (secondary N) is 2. The molecule has 37 heavy (non-hydrogen) atoms. The summed E-state index contributed by atoms with van der Waals surface area (Å²) in [5.74, 6) is -0.830. The monoisotopic (exact) mass is 513 g/mol. The highest BCUT2D eigenvalue weighted by Gasteiger charge is 2.26. The largest absolute Gasteiger partial charge is 0.493 e. The van der Waals surface area contributed by atoms with E-state index < -0.39 is 17.4 Å². The lowest BCUT2D eigenvalue weighted by molar-refractivity contribution is -0.124. The van der Waals surface area contributed by atoms with Crippen molar-refractivity contribution in [2.24, 2.45) is 11.8 Å². The number of amides is 2. The summed E-state index contributed by atoms with van der Waals surface area (Å²) < 4.78 is 35.0. The van der Waals surface area contributed by atoms with Crippen LogP contribution in [0.4, 0.5) is 8.78 Å². The van der Waals surface area contributed by atoms with Crippen molar-refractivity contribution in [2.75, 3.05) is 39.3 Å². The predicted molar refractivity (Wildman–Crippen MR) is 140 cm³/mol. The van der Waals surface area contributed by atoms with E-state index in [-0.39, 0.29) is 23.0 Å². The fraction of sp³-hybridized carbons (Fsp3) is 0.517. The van der Waals surface area contributed by atoms with Gasteiger partial charge in [-0.3, -0.25) is 14.9 Å². The SMILES string of the molecule is CC(C)(F)CN1CCC(COc2ccc(-c3ccccc3C(=O)NC(=O)[C@@H]3CCCNC3)c(F)c2)CC1. The van der Waals surface area contributed by atoms with Crippen LogP contribution in [0.5, 0.6) is 5.75 Å². The van der Waals surface area contributed by atoms with Gasteiger partial charge in [-0.25, -0.2) is 8.78 Å². The van der Waals surface area contributed by atoms with Gasteiger partial charge >= 0.3 is 0 Å². The third-order valence-corrected chi connectivity index (χ3v) is 7.10. The Labute approximate surface area is 217 Å². The zero-order chi connectivity index (χ0) is 26.4. The summed E-state index contributed by atoms with van der Waals surface area (Å²) in [6.07, 6.45) is 3.45. The lowest BCUT2D eigenvalue weighted by atomic mass is 9.96. The number of carbonyl (C=O) groups excluding carboxylic acids is 2. The summed E-state index contributed by atoms with van der Waals surface area (Å²) in [6.45, 7) is 7.17. The van der Waals surface area contributed by atoms with Crippen LogP contribution < -0.4 is 15.4 Å². The van der Waals surface area contributed by atoms with Gasteiger partial charge in [-0.05, 0) is 88.8 Å². The quantitative estimate of drug-likeness (QED) is 0.506. The fourth-order valence-corrected chi connectivity index (χ4v) is 5.13. The van der Waals surface area contributed by atoms with Crippen LogP contribution in [-0.4, -0.2) is 61.7 Å². The maximum Gasteiger partial charge on any atom is 0.258 e. The summed E-state index contributed by atoms with van der Waals surface area (Å²) in [4.78, 5) is 27.6. The number of carbonyl (C=O) groups is 2. The highest BCUT2D eigenvalue weighted by molar-refractivity contribution is 6.08. The molecular weight excluding hydrogens is 476 g/mol. The van der Waals surface area contributed by atoms with Crippen LogP contribution in [0.3, 0.4) is 0 Å². The maximum absolute atomic E-state index is 15.2. The van der Waals surface area contributed by atoms with E-state index in [9.17, 15) is 14.0 Å². The van der Waals surface area contributed by atoms with Crippen molar-refractivity contribution in [3.63, 3.8) is 0 Å². The zero-order valence-corrected chi connectivity index (χ0v) is 21.7. The highest BCUT2D eigenvalue weighted by Crippen LogP contribution is 2.30. The van der Waals surface area contributed by atoms with E-state index >= 15 is 4.39 Å². The highest BCUT2D eigenvalue weighted by atomic mass is 19.1.